The first kappa shape index (κ1) is 14.7. The smallest absolute Gasteiger partial charge is 0.132 e. The SMILES string of the molecule is CCC(=O)CCCCCCCC(C)(C)C. The minimum Gasteiger partial charge on any atom is -0.300 e. The molecule has 0 aromatic heterocycles. The number of carbonyl (C=O) groups excluding carboxylic acids is 1. The maximum absolute atomic E-state index is 11.0. The Morgan fingerprint density at radius 2 is 1.47 bits per heavy atom. The van der Waals surface area contributed by atoms with E-state index >= 15 is 0 Å². The molecule has 0 N–H and O–H groups in total. The molecule has 0 heterocycles. The van der Waals surface area contributed by atoms with Crippen molar-refractivity contribution in [2.24, 2.45) is 5.41 Å². The van der Waals surface area contributed by atoms with E-state index in [1.165, 1.54) is 32.1 Å². The van der Waals surface area contributed by atoms with Gasteiger partial charge in [0.25, 0.3) is 0 Å². The van der Waals surface area contributed by atoms with Crippen LogP contribution in [0.15, 0.2) is 0 Å². The molecule has 0 unspecified atom stereocenters. The van der Waals surface area contributed by atoms with Crippen molar-refractivity contribution in [1.82, 2.24) is 0 Å². The minimum absolute atomic E-state index is 0.421. The van der Waals surface area contributed by atoms with Gasteiger partial charge in [0.15, 0.2) is 0 Å². The first-order chi connectivity index (χ1) is 6.95. The highest BCUT2D eigenvalue weighted by Crippen LogP contribution is 2.22. The first-order valence-corrected chi connectivity index (χ1v) is 6.47. The molecule has 0 bridgehead atoms. The summed E-state index contributed by atoms with van der Waals surface area (Å²) in [6.07, 6.45) is 9.13. The van der Waals surface area contributed by atoms with Gasteiger partial charge in [-0.25, -0.2) is 0 Å². The molecule has 0 aliphatic rings. The van der Waals surface area contributed by atoms with Crippen LogP contribution in [-0.4, -0.2) is 5.78 Å². The van der Waals surface area contributed by atoms with Crippen LogP contribution in [0.2, 0.25) is 0 Å². The zero-order valence-corrected chi connectivity index (χ0v) is 11.1. The Hall–Kier alpha value is -0.330. The van der Waals surface area contributed by atoms with E-state index in [0.29, 0.717) is 17.6 Å². The summed E-state index contributed by atoms with van der Waals surface area (Å²) in [5.41, 5.74) is 0.484. The lowest BCUT2D eigenvalue weighted by Crippen LogP contribution is -2.03. The summed E-state index contributed by atoms with van der Waals surface area (Å²) in [6, 6.07) is 0. The van der Waals surface area contributed by atoms with E-state index in [9.17, 15) is 4.79 Å². The summed E-state index contributed by atoms with van der Waals surface area (Å²) < 4.78 is 0. The summed E-state index contributed by atoms with van der Waals surface area (Å²) in [5.74, 6) is 0.421. The quantitative estimate of drug-likeness (QED) is 0.531. The predicted molar refractivity (Wildman–Crippen MR) is 67.1 cm³/mol. The van der Waals surface area contributed by atoms with Gasteiger partial charge in [-0.05, 0) is 18.3 Å². The standard InChI is InChI=1S/C14H28O/c1-5-13(15)11-9-7-6-8-10-12-14(2,3)4/h5-12H2,1-4H3. The number of unbranched alkanes of at least 4 members (excludes halogenated alkanes) is 4. The number of ketones is 1. The van der Waals surface area contributed by atoms with Crippen LogP contribution in [0.1, 0.15) is 79.1 Å². The molecular formula is C14H28O. The second-order valence-electron chi connectivity index (χ2n) is 5.72. The van der Waals surface area contributed by atoms with E-state index in [4.69, 9.17) is 0 Å². The molecule has 1 heteroatoms. The van der Waals surface area contributed by atoms with Crippen molar-refractivity contribution in [1.29, 1.82) is 0 Å². The predicted octanol–water partition coefficient (Wildman–Crippen LogP) is 4.74. The molecule has 0 saturated heterocycles. The Bertz CT molecular complexity index is 165. The third-order valence-electron chi connectivity index (χ3n) is 2.78. The van der Waals surface area contributed by atoms with Gasteiger partial charge in [-0.3, -0.25) is 4.79 Å². The van der Waals surface area contributed by atoms with Crippen molar-refractivity contribution in [2.45, 2.75) is 79.1 Å². The van der Waals surface area contributed by atoms with Gasteiger partial charge in [0.05, 0.1) is 0 Å². The lowest BCUT2D eigenvalue weighted by Gasteiger charge is -2.17. The zero-order chi connectivity index (χ0) is 11.7. The molecular weight excluding hydrogens is 184 g/mol. The van der Waals surface area contributed by atoms with E-state index in [1.807, 2.05) is 6.92 Å². The average Bonchev–Trinajstić information content (AvgIpc) is 2.14. The number of Topliss-reactive ketones (excluding diaryl/α,β-unsaturated/α-hetero) is 1. The fourth-order valence-corrected chi connectivity index (χ4v) is 1.68. The summed E-state index contributed by atoms with van der Waals surface area (Å²) in [6.45, 7) is 8.85. The Labute approximate surface area is 95.6 Å². The van der Waals surface area contributed by atoms with Crippen molar-refractivity contribution in [2.75, 3.05) is 0 Å². The average molecular weight is 212 g/mol. The van der Waals surface area contributed by atoms with Crippen molar-refractivity contribution in [3.63, 3.8) is 0 Å². The minimum atomic E-state index is 0.421. The molecule has 0 aromatic carbocycles. The molecule has 0 radical (unpaired) electrons. The van der Waals surface area contributed by atoms with Gasteiger partial charge in [-0.15, -0.1) is 0 Å². The molecule has 0 saturated carbocycles. The molecule has 0 atom stereocenters. The Kier molecular flexibility index (Phi) is 7.72. The van der Waals surface area contributed by atoms with Gasteiger partial charge in [-0.1, -0.05) is 53.4 Å². The summed E-state index contributed by atoms with van der Waals surface area (Å²) >= 11 is 0. The lowest BCUT2D eigenvalue weighted by atomic mass is 9.89. The molecule has 0 fully saturated rings. The fraction of sp³-hybridized carbons (Fsp3) is 0.929. The van der Waals surface area contributed by atoms with Crippen LogP contribution in [0.3, 0.4) is 0 Å². The van der Waals surface area contributed by atoms with E-state index in [-0.39, 0.29) is 0 Å². The Balaban J connectivity index is 3.16. The van der Waals surface area contributed by atoms with Gasteiger partial charge in [0, 0.05) is 12.8 Å². The van der Waals surface area contributed by atoms with Crippen molar-refractivity contribution in [3.8, 4) is 0 Å². The molecule has 15 heavy (non-hydrogen) atoms. The summed E-state index contributed by atoms with van der Waals surface area (Å²) in [4.78, 5) is 11.0. The van der Waals surface area contributed by atoms with E-state index in [0.717, 1.165) is 12.8 Å². The molecule has 0 aliphatic carbocycles. The van der Waals surface area contributed by atoms with Crippen LogP contribution >= 0.6 is 0 Å². The highest BCUT2D eigenvalue weighted by atomic mass is 16.1. The second-order valence-corrected chi connectivity index (χ2v) is 5.72. The second kappa shape index (κ2) is 7.90. The van der Waals surface area contributed by atoms with Gasteiger partial charge in [0.2, 0.25) is 0 Å². The molecule has 0 aromatic rings. The van der Waals surface area contributed by atoms with Gasteiger partial charge in [-0.2, -0.15) is 0 Å². The lowest BCUT2D eigenvalue weighted by molar-refractivity contribution is -0.118. The van der Waals surface area contributed by atoms with Crippen LogP contribution in [0, 0.1) is 5.41 Å². The van der Waals surface area contributed by atoms with Crippen LogP contribution in [-0.2, 0) is 4.79 Å². The molecule has 0 rings (SSSR count). The van der Waals surface area contributed by atoms with Crippen LogP contribution < -0.4 is 0 Å². The Morgan fingerprint density at radius 1 is 0.933 bits per heavy atom. The van der Waals surface area contributed by atoms with Gasteiger partial charge >= 0.3 is 0 Å². The van der Waals surface area contributed by atoms with Crippen molar-refractivity contribution >= 4 is 5.78 Å². The van der Waals surface area contributed by atoms with Crippen LogP contribution in [0.4, 0.5) is 0 Å². The summed E-state index contributed by atoms with van der Waals surface area (Å²) in [7, 11) is 0. The largest absolute Gasteiger partial charge is 0.300 e. The third-order valence-corrected chi connectivity index (χ3v) is 2.78. The molecule has 0 amide bonds. The first-order valence-electron chi connectivity index (χ1n) is 6.47. The fourth-order valence-electron chi connectivity index (χ4n) is 1.68. The number of hydrogen-bond donors (Lipinski definition) is 0. The van der Waals surface area contributed by atoms with E-state index < -0.39 is 0 Å². The maximum Gasteiger partial charge on any atom is 0.132 e. The van der Waals surface area contributed by atoms with Crippen LogP contribution in [0.25, 0.3) is 0 Å². The highest BCUT2D eigenvalue weighted by molar-refractivity contribution is 5.77. The Morgan fingerprint density at radius 3 is 2.00 bits per heavy atom. The van der Waals surface area contributed by atoms with E-state index in [2.05, 4.69) is 20.8 Å². The molecule has 0 aliphatic heterocycles. The van der Waals surface area contributed by atoms with Crippen LogP contribution in [0.5, 0.6) is 0 Å². The molecule has 1 nitrogen and oxygen atoms in total. The highest BCUT2D eigenvalue weighted by Gasteiger charge is 2.08. The van der Waals surface area contributed by atoms with Gasteiger partial charge < -0.3 is 0 Å². The van der Waals surface area contributed by atoms with Crippen molar-refractivity contribution in [3.05, 3.63) is 0 Å². The van der Waals surface area contributed by atoms with E-state index in [1.54, 1.807) is 0 Å². The van der Waals surface area contributed by atoms with Crippen molar-refractivity contribution < 1.29 is 4.79 Å². The molecule has 0 spiro atoms. The third kappa shape index (κ3) is 11.6. The maximum atomic E-state index is 11.0. The number of carbonyl (C=O) groups is 1. The molecule has 90 valence electrons. The topological polar surface area (TPSA) is 17.1 Å². The summed E-state index contributed by atoms with van der Waals surface area (Å²) in [5, 5.41) is 0. The number of rotatable bonds is 8. The van der Waals surface area contributed by atoms with Gasteiger partial charge in [0.1, 0.15) is 5.78 Å². The normalized spacial score (nSPS) is 11.7. The zero-order valence-electron chi connectivity index (χ0n) is 11.1. The monoisotopic (exact) mass is 212 g/mol. The number of hydrogen-bond acceptors (Lipinski definition) is 1.